The molecule has 1 atom stereocenters. The summed E-state index contributed by atoms with van der Waals surface area (Å²) < 4.78 is 0. The summed E-state index contributed by atoms with van der Waals surface area (Å²) in [4.78, 5) is 0. The molecule has 0 bridgehead atoms. The maximum Gasteiger partial charge on any atom is 0.0994 e. The van der Waals surface area contributed by atoms with Gasteiger partial charge in [0.2, 0.25) is 0 Å². The second-order valence-corrected chi connectivity index (χ2v) is 5.07. The van der Waals surface area contributed by atoms with E-state index in [-0.39, 0.29) is 0 Å². The summed E-state index contributed by atoms with van der Waals surface area (Å²) in [6.45, 7) is 4.22. The molecule has 2 rings (SSSR count). The van der Waals surface area contributed by atoms with Crippen LogP contribution in [0.5, 0.6) is 0 Å². The molecule has 1 aliphatic carbocycles. The zero-order chi connectivity index (χ0) is 12.3. The highest BCUT2D eigenvalue weighted by atomic mass is 14.9. The summed E-state index contributed by atoms with van der Waals surface area (Å²) in [5, 5.41) is 12.5. The molecule has 2 nitrogen and oxygen atoms in total. The number of rotatable bonds is 5. The molecule has 2 heteroatoms. The number of nitrogens with zero attached hydrogens (tertiary/aromatic N) is 1. The first kappa shape index (κ1) is 12.0. The van der Waals surface area contributed by atoms with Crippen LogP contribution in [0.4, 0.5) is 5.69 Å². The van der Waals surface area contributed by atoms with Gasteiger partial charge in [-0.2, -0.15) is 5.26 Å². The molecule has 1 fully saturated rings. The predicted octanol–water partition coefficient (Wildman–Crippen LogP) is 3.86. The second kappa shape index (κ2) is 5.23. The molecule has 0 aromatic heterocycles. The molecule has 90 valence electrons. The highest BCUT2D eigenvalue weighted by Gasteiger charge is 2.24. The van der Waals surface area contributed by atoms with Gasteiger partial charge in [-0.1, -0.05) is 19.8 Å². The Bertz CT molecular complexity index is 427. The minimum absolute atomic E-state index is 0.579. The summed E-state index contributed by atoms with van der Waals surface area (Å²) in [6.07, 6.45) is 5.26. The average molecular weight is 228 g/mol. The van der Waals surface area contributed by atoms with E-state index >= 15 is 0 Å². The van der Waals surface area contributed by atoms with Crippen LogP contribution in [0.1, 0.15) is 43.7 Å². The van der Waals surface area contributed by atoms with E-state index in [1.807, 2.05) is 19.1 Å². The number of aryl methyl sites for hydroxylation is 1. The Morgan fingerprint density at radius 3 is 2.76 bits per heavy atom. The number of hydrogen-bond donors (Lipinski definition) is 1. The molecule has 17 heavy (non-hydrogen) atoms. The number of nitriles is 1. The Hall–Kier alpha value is -1.49. The molecule has 1 N–H and O–H groups in total. The molecule has 0 aliphatic heterocycles. The third-order valence-electron chi connectivity index (χ3n) is 3.53. The van der Waals surface area contributed by atoms with Gasteiger partial charge in [0.05, 0.1) is 11.6 Å². The number of nitrogens with one attached hydrogen (secondary N) is 1. The lowest BCUT2D eigenvalue weighted by atomic mass is 10.1. The molecular formula is C15H20N2. The van der Waals surface area contributed by atoms with Gasteiger partial charge in [0.1, 0.15) is 0 Å². The fraction of sp³-hybridized carbons (Fsp3) is 0.533. The quantitative estimate of drug-likeness (QED) is 0.830. The third kappa shape index (κ3) is 3.23. The third-order valence-corrected chi connectivity index (χ3v) is 3.53. The van der Waals surface area contributed by atoms with Crippen molar-refractivity contribution in [3.05, 3.63) is 29.3 Å². The van der Waals surface area contributed by atoms with Gasteiger partial charge in [0.15, 0.2) is 0 Å². The zero-order valence-electron chi connectivity index (χ0n) is 10.7. The Morgan fingerprint density at radius 2 is 2.24 bits per heavy atom. The predicted molar refractivity (Wildman–Crippen MR) is 70.9 cm³/mol. The summed E-state index contributed by atoms with van der Waals surface area (Å²) in [7, 11) is 0. The van der Waals surface area contributed by atoms with Crippen LogP contribution in [-0.4, -0.2) is 6.04 Å². The van der Waals surface area contributed by atoms with Crippen LogP contribution in [-0.2, 0) is 0 Å². The normalized spacial score (nSPS) is 16.3. The van der Waals surface area contributed by atoms with Crippen molar-refractivity contribution in [3.8, 4) is 6.07 Å². The van der Waals surface area contributed by atoms with Crippen LogP contribution in [0.25, 0.3) is 0 Å². The molecule has 1 unspecified atom stereocenters. The summed E-state index contributed by atoms with van der Waals surface area (Å²) >= 11 is 0. The van der Waals surface area contributed by atoms with Gasteiger partial charge in [0, 0.05) is 11.7 Å². The Balaban J connectivity index is 2.01. The highest BCUT2D eigenvalue weighted by molar-refractivity contribution is 5.52. The fourth-order valence-corrected chi connectivity index (χ4v) is 2.20. The van der Waals surface area contributed by atoms with Gasteiger partial charge >= 0.3 is 0 Å². The lowest BCUT2D eigenvalue weighted by Crippen LogP contribution is -2.19. The topological polar surface area (TPSA) is 35.8 Å². The smallest absolute Gasteiger partial charge is 0.0994 e. The van der Waals surface area contributed by atoms with E-state index in [2.05, 4.69) is 24.4 Å². The van der Waals surface area contributed by atoms with Crippen molar-refractivity contribution in [2.24, 2.45) is 5.92 Å². The van der Waals surface area contributed by atoms with E-state index in [0.29, 0.717) is 6.04 Å². The monoisotopic (exact) mass is 228 g/mol. The molecule has 0 radical (unpaired) electrons. The van der Waals surface area contributed by atoms with Crippen LogP contribution >= 0.6 is 0 Å². The highest BCUT2D eigenvalue weighted by Crippen LogP contribution is 2.34. The molecule has 0 saturated heterocycles. The van der Waals surface area contributed by atoms with Crippen molar-refractivity contribution in [2.75, 3.05) is 5.32 Å². The first-order chi connectivity index (χ1) is 8.22. The maximum atomic E-state index is 8.89. The number of hydrogen-bond acceptors (Lipinski definition) is 2. The minimum Gasteiger partial charge on any atom is -0.382 e. The SMILES string of the molecule is CCC(CC1CC1)Nc1ccc(C#N)c(C)c1. The molecule has 0 heterocycles. The van der Waals surface area contributed by atoms with Gasteiger partial charge in [-0.05, 0) is 49.4 Å². The van der Waals surface area contributed by atoms with Crippen molar-refractivity contribution in [2.45, 2.75) is 45.6 Å². The van der Waals surface area contributed by atoms with E-state index in [4.69, 9.17) is 5.26 Å². The van der Waals surface area contributed by atoms with E-state index in [0.717, 1.165) is 29.2 Å². The van der Waals surface area contributed by atoms with Gasteiger partial charge in [0.25, 0.3) is 0 Å². The summed E-state index contributed by atoms with van der Waals surface area (Å²) in [6, 6.07) is 8.78. The zero-order valence-corrected chi connectivity index (χ0v) is 10.7. The van der Waals surface area contributed by atoms with E-state index < -0.39 is 0 Å². The van der Waals surface area contributed by atoms with Crippen LogP contribution < -0.4 is 5.32 Å². The Labute approximate surface area is 104 Å². The maximum absolute atomic E-state index is 8.89. The molecule has 1 saturated carbocycles. The lowest BCUT2D eigenvalue weighted by Gasteiger charge is -2.18. The largest absolute Gasteiger partial charge is 0.382 e. The van der Waals surface area contributed by atoms with Crippen LogP contribution in [0.15, 0.2) is 18.2 Å². The molecule has 0 amide bonds. The summed E-state index contributed by atoms with van der Waals surface area (Å²) in [5.41, 5.74) is 2.97. The average Bonchev–Trinajstić information content (AvgIpc) is 3.12. The van der Waals surface area contributed by atoms with Gasteiger partial charge < -0.3 is 5.32 Å². The lowest BCUT2D eigenvalue weighted by molar-refractivity contribution is 0.587. The van der Waals surface area contributed by atoms with Crippen LogP contribution in [0, 0.1) is 24.2 Å². The molecule has 1 aliphatic rings. The van der Waals surface area contributed by atoms with Crippen molar-refractivity contribution in [1.82, 2.24) is 0 Å². The number of benzene rings is 1. The van der Waals surface area contributed by atoms with Crippen molar-refractivity contribution in [1.29, 1.82) is 5.26 Å². The van der Waals surface area contributed by atoms with E-state index in [1.54, 1.807) is 0 Å². The van der Waals surface area contributed by atoms with E-state index in [9.17, 15) is 0 Å². The standard InChI is InChI=1S/C15H20N2/c1-3-14(9-12-4-5-12)17-15-7-6-13(10-16)11(2)8-15/h6-8,12,14,17H,3-5,9H2,1-2H3. The van der Waals surface area contributed by atoms with E-state index in [1.165, 1.54) is 19.3 Å². The molecule has 1 aromatic rings. The van der Waals surface area contributed by atoms with Crippen LogP contribution in [0.2, 0.25) is 0 Å². The second-order valence-electron chi connectivity index (χ2n) is 5.07. The van der Waals surface area contributed by atoms with Gasteiger partial charge in [-0.25, -0.2) is 0 Å². The molecule has 0 spiro atoms. The summed E-state index contributed by atoms with van der Waals surface area (Å²) in [5.74, 6) is 0.951. The minimum atomic E-state index is 0.579. The van der Waals surface area contributed by atoms with Gasteiger partial charge in [-0.3, -0.25) is 0 Å². The Kier molecular flexibility index (Phi) is 3.68. The number of anilines is 1. The van der Waals surface area contributed by atoms with Crippen molar-refractivity contribution in [3.63, 3.8) is 0 Å². The van der Waals surface area contributed by atoms with Crippen LogP contribution in [0.3, 0.4) is 0 Å². The first-order valence-corrected chi connectivity index (χ1v) is 6.50. The van der Waals surface area contributed by atoms with Gasteiger partial charge in [-0.15, -0.1) is 0 Å². The fourth-order valence-electron chi connectivity index (χ4n) is 2.20. The van der Waals surface area contributed by atoms with Crippen molar-refractivity contribution < 1.29 is 0 Å². The Morgan fingerprint density at radius 1 is 1.47 bits per heavy atom. The first-order valence-electron chi connectivity index (χ1n) is 6.50. The van der Waals surface area contributed by atoms with Crippen molar-refractivity contribution >= 4 is 5.69 Å². The molecular weight excluding hydrogens is 208 g/mol. The molecule has 1 aromatic carbocycles.